The van der Waals surface area contributed by atoms with E-state index in [-0.39, 0.29) is 10.0 Å². The number of aryl methyl sites for hydroxylation is 2. The Morgan fingerprint density at radius 3 is 2.21 bits per heavy atom. The molecule has 1 atom stereocenters. The first-order chi connectivity index (χ1) is 8.90. The molecule has 0 aliphatic rings. The van der Waals surface area contributed by atoms with Crippen LogP contribution in [0.2, 0.25) is 0 Å². The lowest BCUT2D eigenvalue weighted by atomic mass is 9.97. The van der Waals surface area contributed by atoms with Crippen LogP contribution in [-0.2, 0) is 0 Å². The van der Waals surface area contributed by atoms with Gasteiger partial charge in [0.15, 0.2) is 0 Å². The Hall–Kier alpha value is -1.26. The van der Waals surface area contributed by atoms with Gasteiger partial charge in [-0.25, -0.2) is 8.78 Å². The van der Waals surface area contributed by atoms with Crippen molar-refractivity contribution in [3.05, 3.63) is 68.7 Å². The summed E-state index contributed by atoms with van der Waals surface area (Å²) < 4.78 is 27.8. The number of halogens is 3. The Kier molecular flexibility index (Phi) is 4.02. The minimum atomic E-state index is -1.32. The Morgan fingerprint density at radius 2 is 1.63 bits per heavy atom. The molecule has 2 aromatic carbocycles. The van der Waals surface area contributed by atoms with E-state index >= 15 is 0 Å². The molecular formula is C15H13BrF2O. The topological polar surface area (TPSA) is 20.2 Å². The van der Waals surface area contributed by atoms with Gasteiger partial charge >= 0.3 is 0 Å². The lowest BCUT2D eigenvalue weighted by Crippen LogP contribution is -2.07. The minimum absolute atomic E-state index is 0.132. The van der Waals surface area contributed by atoms with E-state index in [1.165, 1.54) is 6.07 Å². The van der Waals surface area contributed by atoms with Crippen LogP contribution < -0.4 is 0 Å². The average molecular weight is 327 g/mol. The van der Waals surface area contributed by atoms with Gasteiger partial charge < -0.3 is 5.11 Å². The summed E-state index contributed by atoms with van der Waals surface area (Å²) in [6.07, 6.45) is -1.32. The second kappa shape index (κ2) is 5.39. The molecule has 1 nitrogen and oxygen atoms in total. The molecular weight excluding hydrogens is 314 g/mol. The van der Waals surface area contributed by atoms with E-state index in [9.17, 15) is 13.9 Å². The maximum atomic E-state index is 14.0. The lowest BCUT2D eigenvalue weighted by Gasteiger charge is -2.15. The van der Waals surface area contributed by atoms with E-state index < -0.39 is 17.7 Å². The van der Waals surface area contributed by atoms with Crippen LogP contribution in [0.1, 0.15) is 28.4 Å². The molecule has 0 spiro atoms. The second-order valence-corrected chi connectivity index (χ2v) is 5.43. The summed E-state index contributed by atoms with van der Waals surface area (Å²) in [6.45, 7) is 3.74. The zero-order valence-electron chi connectivity index (χ0n) is 10.5. The minimum Gasteiger partial charge on any atom is -0.383 e. The SMILES string of the molecule is Cc1cc(C)cc(C(O)c2c(F)ccc(Br)c2F)c1. The number of aliphatic hydroxyl groups excluding tert-OH is 1. The normalized spacial score (nSPS) is 12.5. The quantitative estimate of drug-likeness (QED) is 0.809. The molecule has 0 radical (unpaired) electrons. The number of rotatable bonds is 2. The van der Waals surface area contributed by atoms with Gasteiger partial charge in [-0.05, 0) is 47.5 Å². The maximum absolute atomic E-state index is 14.0. The third-order valence-electron chi connectivity index (χ3n) is 2.91. The van der Waals surface area contributed by atoms with Crippen molar-refractivity contribution in [1.29, 1.82) is 0 Å². The average Bonchev–Trinajstić information content (AvgIpc) is 2.33. The van der Waals surface area contributed by atoms with Crippen molar-refractivity contribution >= 4 is 15.9 Å². The van der Waals surface area contributed by atoms with Gasteiger partial charge in [0.05, 0.1) is 10.0 Å². The van der Waals surface area contributed by atoms with Crippen molar-refractivity contribution < 1.29 is 13.9 Å². The first-order valence-corrected chi connectivity index (χ1v) is 6.59. The lowest BCUT2D eigenvalue weighted by molar-refractivity contribution is 0.208. The molecule has 0 aromatic heterocycles. The summed E-state index contributed by atoms with van der Waals surface area (Å²) in [6, 6.07) is 7.79. The van der Waals surface area contributed by atoms with E-state index in [2.05, 4.69) is 15.9 Å². The summed E-state index contributed by atoms with van der Waals surface area (Å²) >= 11 is 3.00. The molecule has 19 heavy (non-hydrogen) atoms. The first kappa shape index (κ1) is 14.2. The highest BCUT2D eigenvalue weighted by molar-refractivity contribution is 9.10. The highest BCUT2D eigenvalue weighted by Gasteiger charge is 2.21. The largest absolute Gasteiger partial charge is 0.383 e. The van der Waals surface area contributed by atoms with Crippen LogP contribution >= 0.6 is 15.9 Å². The van der Waals surface area contributed by atoms with E-state index in [1.54, 1.807) is 12.1 Å². The van der Waals surface area contributed by atoms with Crippen molar-refractivity contribution in [3.8, 4) is 0 Å². The fourth-order valence-electron chi connectivity index (χ4n) is 2.13. The van der Waals surface area contributed by atoms with Gasteiger partial charge in [0.2, 0.25) is 0 Å². The number of aliphatic hydroxyl groups is 1. The summed E-state index contributed by atoms with van der Waals surface area (Å²) in [4.78, 5) is 0. The Labute approximate surface area is 119 Å². The van der Waals surface area contributed by atoms with Crippen LogP contribution in [-0.4, -0.2) is 5.11 Å². The Morgan fingerprint density at radius 1 is 1.05 bits per heavy atom. The van der Waals surface area contributed by atoms with E-state index in [0.717, 1.165) is 17.2 Å². The zero-order chi connectivity index (χ0) is 14.2. The van der Waals surface area contributed by atoms with Gasteiger partial charge in [-0.1, -0.05) is 29.3 Å². The van der Waals surface area contributed by atoms with Crippen molar-refractivity contribution in [3.63, 3.8) is 0 Å². The second-order valence-electron chi connectivity index (χ2n) is 4.58. The highest BCUT2D eigenvalue weighted by atomic mass is 79.9. The molecule has 0 aliphatic heterocycles. The van der Waals surface area contributed by atoms with E-state index in [4.69, 9.17) is 0 Å². The van der Waals surface area contributed by atoms with Crippen molar-refractivity contribution in [2.45, 2.75) is 20.0 Å². The first-order valence-electron chi connectivity index (χ1n) is 5.80. The van der Waals surface area contributed by atoms with Gasteiger partial charge in [0.1, 0.15) is 17.7 Å². The van der Waals surface area contributed by atoms with Crippen LogP contribution in [0.3, 0.4) is 0 Å². The van der Waals surface area contributed by atoms with Gasteiger partial charge in [-0.15, -0.1) is 0 Å². The third-order valence-corrected chi connectivity index (χ3v) is 3.53. The van der Waals surface area contributed by atoms with Crippen LogP contribution in [0, 0.1) is 25.5 Å². The van der Waals surface area contributed by atoms with Gasteiger partial charge in [0, 0.05) is 0 Å². The van der Waals surface area contributed by atoms with E-state index in [0.29, 0.717) is 5.56 Å². The monoisotopic (exact) mass is 326 g/mol. The van der Waals surface area contributed by atoms with Gasteiger partial charge in [0.25, 0.3) is 0 Å². The fourth-order valence-corrected chi connectivity index (χ4v) is 2.47. The third kappa shape index (κ3) is 2.85. The number of benzene rings is 2. The molecule has 2 rings (SSSR count). The standard InChI is InChI=1S/C15H13BrF2O/c1-8-5-9(2)7-10(6-8)15(19)13-12(17)4-3-11(16)14(13)18/h3-7,15,19H,1-2H3. The molecule has 0 bridgehead atoms. The summed E-state index contributed by atoms with van der Waals surface area (Å²) in [5.74, 6) is -1.53. The molecule has 0 fully saturated rings. The molecule has 1 unspecified atom stereocenters. The molecule has 0 saturated heterocycles. The molecule has 2 aromatic rings. The Balaban J connectivity index is 2.55. The fraction of sp³-hybridized carbons (Fsp3) is 0.200. The van der Waals surface area contributed by atoms with Crippen molar-refractivity contribution in [2.24, 2.45) is 0 Å². The predicted molar refractivity (Wildman–Crippen MR) is 74.0 cm³/mol. The van der Waals surface area contributed by atoms with Crippen molar-refractivity contribution in [1.82, 2.24) is 0 Å². The zero-order valence-corrected chi connectivity index (χ0v) is 12.1. The van der Waals surface area contributed by atoms with Crippen LogP contribution in [0.5, 0.6) is 0 Å². The molecule has 0 aliphatic carbocycles. The Bertz CT molecular complexity index is 606. The van der Waals surface area contributed by atoms with Crippen LogP contribution in [0.15, 0.2) is 34.8 Å². The molecule has 4 heteroatoms. The van der Waals surface area contributed by atoms with E-state index in [1.807, 2.05) is 19.9 Å². The summed E-state index contributed by atoms with van der Waals surface area (Å²) in [7, 11) is 0. The molecule has 1 N–H and O–H groups in total. The number of hydrogen-bond donors (Lipinski definition) is 1. The van der Waals surface area contributed by atoms with Crippen molar-refractivity contribution in [2.75, 3.05) is 0 Å². The summed E-state index contributed by atoms with van der Waals surface area (Å²) in [5, 5.41) is 10.2. The van der Waals surface area contributed by atoms with Crippen LogP contribution in [0.25, 0.3) is 0 Å². The molecule has 0 amide bonds. The molecule has 0 saturated carbocycles. The van der Waals surface area contributed by atoms with Gasteiger partial charge in [-0.3, -0.25) is 0 Å². The molecule has 100 valence electrons. The number of hydrogen-bond acceptors (Lipinski definition) is 1. The van der Waals surface area contributed by atoms with Gasteiger partial charge in [-0.2, -0.15) is 0 Å². The summed E-state index contributed by atoms with van der Waals surface area (Å²) in [5.41, 5.74) is 2.02. The smallest absolute Gasteiger partial charge is 0.146 e. The maximum Gasteiger partial charge on any atom is 0.146 e. The highest BCUT2D eigenvalue weighted by Crippen LogP contribution is 2.31. The molecule has 0 heterocycles. The van der Waals surface area contributed by atoms with Crippen LogP contribution in [0.4, 0.5) is 8.78 Å². The predicted octanol–water partition coefficient (Wildman–Crippen LogP) is 4.43.